The van der Waals surface area contributed by atoms with Gasteiger partial charge in [-0.05, 0) is 101 Å². The zero-order valence-corrected chi connectivity index (χ0v) is 26.5. The third kappa shape index (κ3) is 7.79. The summed E-state index contributed by atoms with van der Waals surface area (Å²) in [5.74, 6) is 0.556. The molecule has 2 fully saturated rings. The van der Waals surface area contributed by atoms with Gasteiger partial charge in [0, 0.05) is 43.0 Å². The van der Waals surface area contributed by atoms with E-state index in [1.54, 1.807) is 19.4 Å². The molecule has 0 atom stereocenters. The predicted octanol–water partition coefficient (Wildman–Crippen LogP) is 7.21. The fourth-order valence-corrected chi connectivity index (χ4v) is 6.32. The highest BCUT2D eigenvalue weighted by Crippen LogP contribution is 2.42. The van der Waals surface area contributed by atoms with Crippen molar-refractivity contribution < 1.29 is 24.2 Å². The SMILES string of the molecule is CN(C(=O)O)[C@H]1CC[C@H](CC(=O)Nc2cc(-c3ccccn3)c(-c3ccc(C4(NC(=O)OC(C)(C)C)CCC4)cc3)cn2)CC1. The maximum Gasteiger partial charge on any atom is 0.408 e. The minimum atomic E-state index is -0.914. The Labute approximate surface area is 264 Å². The molecule has 3 amide bonds. The van der Waals surface area contributed by atoms with Gasteiger partial charge in [-0.2, -0.15) is 0 Å². The van der Waals surface area contributed by atoms with Gasteiger partial charge in [-0.25, -0.2) is 14.6 Å². The summed E-state index contributed by atoms with van der Waals surface area (Å²) in [6.45, 7) is 5.57. The molecule has 0 bridgehead atoms. The van der Waals surface area contributed by atoms with E-state index >= 15 is 0 Å². The molecule has 238 valence electrons. The van der Waals surface area contributed by atoms with E-state index in [1.807, 2.05) is 69.3 Å². The Morgan fingerprint density at radius 3 is 2.29 bits per heavy atom. The monoisotopic (exact) mass is 613 g/mol. The third-order valence-electron chi connectivity index (χ3n) is 8.95. The lowest BCUT2D eigenvalue weighted by atomic mass is 9.71. The lowest BCUT2D eigenvalue weighted by molar-refractivity contribution is -0.117. The van der Waals surface area contributed by atoms with Crippen molar-refractivity contribution in [1.29, 1.82) is 0 Å². The number of hydrogen-bond donors (Lipinski definition) is 3. The summed E-state index contributed by atoms with van der Waals surface area (Å²) in [6, 6.07) is 15.7. The first kappa shape index (κ1) is 31.9. The highest BCUT2D eigenvalue weighted by atomic mass is 16.6. The number of pyridine rings is 2. The number of carbonyl (C=O) groups excluding carboxylic acids is 2. The molecule has 10 heteroatoms. The predicted molar refractivity (Wildman–Crippen MR) is 173 cm³/mol. The largest absolute Gasteiger partial charge is 0.465 e. The number of alkyl carbamates (subject to hydrolysis) is 1. The van der Waals surface area contributed by atoms with Gasteiger partial charge in [0.2, 0.25) is 5.91 Å². The van der Waals surface area contributed by atoms with Crippen LogP contribution in [-0.2, 0) is 15.1 Å². The minimum Gasteiger partial charge on any atom is -0.465 e. The molecule has 3 aromatic rings. The topological polar surface area (TPSA) is 134 Å². The third-order valence-corrected chi connectivity index (χ3v) is 8.95. The number of nitrogens with one attached hydrogen (secondary N) is 2. The first-order valence-corrected chi connectivity index (χ1v) is 15.7. The molecule has 2 aromatic heterocycles. The lowest BCUT2D eigenvalue weighted by Gasteiger charge is -2.43. The molecular weight excluding hydrogens is 570 g/mol. The van der Waals surface area contributed by atoms with E-state index in [-0.39, 0.29) is 17.9 Å². The molecule has 45 heavy (non-hydrogen) atoms. The van der Waals surface area contributed by atoms with E-state index in [9.17, 15) is 19.5 Å². The molecule has 2 aliphatic carbocycles. The van der Waals surface area contributed by atoms with Gasteiger partial charge in [-0.1, -0.05) is 30.3 Å². The molecule has 0 aliphatic heterocycles. The average molecular weight is 614 g/mol. The zero-order chi connectivity index (χ0) is 32.2. The van der Waals surface area contributed by atoms with Gasteiger partial charge in [-0.3, -0.25) is 9.78 Å². The van der Waals surface area contributed by atoms with Gasteiger partial charge in [-0.15, -0.1) is 0 Å². The summed E-state index contributed by atoms with van der Waals surface area (Å²) in [5, 5.41) is 15.3. The Bertz CT molecular complexity index is 1510. The van der Waals surface area contributed by atoms with E-state index in [1.165, 1.54) is 4.90 Å². The van der Waals surface area contributed by atoms with Gasteiger partial charge >= 0.3 is 12.2 Å². The Balaban J connectivity index is 1.31. The van der Waals surface area contributed by atoms with Crippen LogP contribution in [0.2, 0.25) is 0 Å². The van der Waals surface area contributed by atoms with Crippen molar-refractivity contribution in [3.8, 4) is 22.4 Å². The van der Waals surface area contributed by atoms with Crippen molar-refractivity contribution in [2.24, 2.45) is 5.92 Å². The number of benzene rings is 1. The smallest absolute Gasteiger partial charge is 0.408 e. The molecule has 10 nitrogen and oxygen atoms in total. The van der Waals surface area contributed by atoms with Crippen LogP contribution < -0.4 is 10.6 Å². The second-order valence-corrected chi connectivity index (χ2v) is 13.3. The summed E-state index contributed by atoms with van der Waals surface area (Å²) < 4.78 is 5.53. The first-order valence-electron chi connectivity index (χ1n) is 15.7. The second-order valence-electron chi connectivity index (χ2n) is 13.3. The van der Waals surface area contributed by atoms with Crippen LogP contribution in [0.25, 0.3) is 22.4 Å². The summed E-state index contributed by atoms with van der Waals surface area (Å²) in [7, 11) is 1.61. The number of aromatic nitrogens is 2. The first-order chi connectivity index (χ1) is 21.4. The van der Waals surface area contributed by atoms with Crippen molar-refractivity contribution in [2.75, 3.05) is 12.4 Å². The number of nitrogens with zero attached hydrogens (tertiary/aromatic N) is 3. The van der Waals surface area contributed by atoms with Gasteiger partial charge < -0.3 is 25.4 Å². The lowest BCUT2D eigenvalue weighted by Crippen LogP contribution is -2.52. The van der Waals surface area contributed by atoms with E-state index < -0.39 is 23.3 Å². The highest BCUT2D eigenvalue weighted by Gasteiger charge is 2.41. The van der Waals surface area contributed by atoms with Crippen LogP contribution >= 0.6 is 0 Å². The number of hydrogen-bond acceptors (Lipinski definition) is 6. The van der Waals surface area contributed by atoms with Gasteiger partial charge in [0.1, 0.15) is 11.4 Å². The highest BCUT2D eigenvalue weighted by molar-refractivity contribution is 5.92. The number of amides is 3. The Morgan fingerprint density at radius 2 is 1.71 bits per heavy atom. The number of carbonyl (C=O) groups is 3. The van der Waals surface area contributed by atoms with Gasteiger partial charge in [0.25, 0.3) is 0 Å². The van der Waals surface area contributed by atoms with Crippen molar-refractivity contribution in [3.05, 3.63) is 66.5 Å². The van der Waals surface area contributed by atoms with Crippen LogP contribution in [0.1, 0.15) is 77.7 Å². The summed E-state index contributed by atoms with van der Waals surface area (Å²) in [6.07, 6.45) is 8.41. The van der Waals surface area contributed by atoms with Crippen LogP contribution in [0.15, 0.2) is 60.9 Å². The fraction of sp³-hybridized carbons (Fsp3) is 0.457. The van der Waals surface area contributed by atoms with Crippen molar-refractivity contribution in [1.82, 2.24) is 20.2 Å². The van der Waals surface area contributed by atoms with Crippen LogP contribution in [0, 0.1) is 5.92 Å². The molecule has 2 aliphatic rings. The number of carboxylic acid groups (broad SMARTS) is 1. The molecule has 1 aromatic carbocycles. The van der Waals surface area contributed by atoms with Crippen LogP contribution in [-0.4, -0.2) is 56.8 Å². The summed E-state index contributed by atoms with van der Waals surface area (Å²) in [5.41, 5.74) is 3.44. The number of anilines is 1. The second kappa shape index (κ2) is 13.3. The fourth-order valence-electron chi connectivity index (χ4n) is 6.32. The molecule has 0 unspecified atom stereocenters. The normalized spacial score (nSPS) is 19.1. The molecule has 0 saturated heterocycles. The maximum atomic E-state index is 13.0. The van der Waals surface area contributed by atoms with Crippen LogP contribution in [0.5, 0.6) is 0 Å². The Morgan fingerprint density at radius 1 is 1.00 bits per heavy atom. The molecule has 0 radical (unpaired) electrons. The minimum absolute atomic E-state index is 0.00603. The zero-order valence-electron chi connectivity index (χ0n) is 26.5. The van der Waals surface area contributed by atoms with Gasteiger partial charge in [0.15, 0.2) is 0 Å². The quantitative estimate of drug-likeness (QED) is 0.244. The van der Waals surface area contributed by atoms with E-state index in [4.69, 9.17) is 4.74 Å². The van der Waals surface area contributed by atoms with Crippen molar-refractivity contribution in [3.63, 3.8) is 0 Å². The molecule has 0 spiro atoms. The number of rotatable bonds is 8. The van der Waals surface area contributed by atoms with Crippen LogP contribution in [0.3, 0.4) is 0 Å². The molecule has 2 saturated carbocycles. The Kier molecular flexibility index (Phi) is 9.41. The number of ether oxygens (including phenoxy) is 1. The summed E-state index contributed by atoms with van der Waals surface area (Å²) >= 11 is 0. The molecule has 5 rings (SSSR count). The standard InChI is InChI=1S/C35H43N5O5/c1-34(2,3)45-32(42)39-35(17-7-18-35)25-13-11-24(12-14-25)28-22-37-30(21-27(28)29-8-5-6-19-36-29)38-31(41)20-23-9-15-26(16-10-23)40(4)33(43)44/h5-6,8,11-14,19,21-23,26H,7,9-10,15-18,20H2,1-4H3,(H,39,42)(H,43,44)(H,37,38,41)/t23-,26-. The molecule has 3 N–H and O–H groups in total. The van der Waals surface area contributed by atoms with Crippen LogP contribution in [0.4, 0.5) is 15.4 Å². The van der Waals surface area contributed by atoms with Gasteiger partial charge in [0.05, 0.1) is 11.2 Å². The van der Waals surface area contributed by atoms with E-state index in [2.05, 4.69) is 20.6 Å². The average Bonchev–Trinajstić information content (AvgIpc) is 2.98. The maximum absolute atomic E-state index is 13.0. The molecule has 2 heterocycles. The van der Waals surface area contributed by atoms with Crippen molar-refractivity contribution >= 4 is 23.9 Å². The summed E-state index contributed by atoms with van der Waals surface area (Å²) in [4.78, 5) is 47.5. The van der Waals surface area contributed by atoms with Crippen molar-refractivity contribution in [2.45, 2.75) is 89.3 Å². The van der Waals surface area contributed by atoms with E-state index in [0.29, 0.717) is 12.2 Å². The Hall–Kier alpha value is -4.47. The molecular formula is C35H43N5O5. The van der Waals surface area contributed by atoms with E-state index in [0.717, 1.165) is 72.9 Å².